The number of carbonyl (C=O) groups is 3. The molecule has 9 heteroatoms. The Balaban J connectivity index is 1.47. The molecule has 31 heavy (non-hydrogen) atoms. The molecule has 7 nitrogen and oxygen atoms in total. The summed E-state index contributed by atoms with van der Waals surface area (Å²) in [5, 5.41) is 6.15. The number of amides is 3. The maximum atomic E-state index is 13.3. The summed E-state index contributed by atoms with van der Waals surface area (Å²) in [7, 11) is 0. The van der Waals surface area contributed by atoms with Crippen molar-refractivity contribution < 1.29 is 18.8 Å². The highest BCUT2D eigenvalue weighted by Gasteiger charge is 2.23. The summed E-state index contributed by atoms with van der Waals surface area (Å²) in [5.74, 6) is -1.43. The molecule has 2 heterocycles. The van der Waals surface area contributed by atoms with Crippen molar-refractivity contribution in [3.63, 3.8) is 0 Å². The van der Waals surface area contributed by atoms with Crippen molar-refractivity contribution in [2.24, 2.45) is 11.7 Å². The van der Waals surface area contributed by atoms with Crippen LogP contribution in [0, 0.1) is 18.7 Å². The van der Waals surface area contributed by atoms with Crippen LogP contribution in [0.4, 0.5) is 9.39 Å². The fourth-order valence-corrected chi connectivity index (χ4v) is 4.64. The summed E-state index contributed by atoms with van der Waals surface area (Å²) in [6, 6.07) is 7.17. The van der Waals surface area contributed by atoms with Crippen LogP contribution in [0.2, 0.25) is 0 Å². The molecular weight excluding hydrogens is 419 g/mol. The van der Waals surface area contributed by atoms with E-state index < -0.39 is 11.7 Å². The average molecular weight is 447 g/mol. The summed E-state index contributed by atoms with van der Waals surface area (Å²) in [4.78, 5) is 38.9. The van der Waals surface area contributed by atoms with Crippen molar-refractivity contribution in [1.29, 1.82) is 0 Å². The molecule has 2 aromatic rings. The van der Waals surface area contributed by atoms with Crippen LogP contribution < -0.4 is 16.4 Å². The van der Waals surface area contributed by atoms with Gasteiger partial charge in [0.2, 0.25) is 5.91 Å². The SMILES string of the molecule is Cc1cc(NC(=O)c2cccc(F)c2)sc1C(=O)NCCCN1CCCC(C(N)=O)C1. The third kappa shape index (κ3) is 6.35. The molecule has 0 bridgehead atoms. The molecule has 1 saturated heterocycles. The second kappa shape index (κ2) is 10.5. The van der Waals surface area contributed by atoms with Gasteiger partial charge in [-0.15, -0.1) is 11.3 Å². The van der Waals surface area contributed by atoms with Crippen LogP contribution in [0.25, 0.3) is 0 Å². The van der Waals surface area contributed by atoms with E-state index in [1.807, 2.05) is 0 Å². The number of nitrogens with zero attached hydrogens (tertiary/aromatic N) is 1. The van der Waals surface area contributed by atoms with Crippen molar-refractivity contribution in [2.45, 2.75) is 26.2 Å². The lowest BCUT2D eigenvalue weighted by molar-refractivity contribution is -0.123. The topological polar surface area (TPSA) is 105 Å². The van der Waals surface area contributed by atoms with Crippen molar-refractivity contribution in [2.75, 3.05) is 31.5 Å². The Labute approximate surface area is 184 Å². The molecule has 3 rings (SSSR count). The van der Waals surface area contributed by atoms with Crippen molar-refractivity contribution >= 4 is 34.1 Å². The van der Waals surface area contributed by atoms with Gasteiger partial charge in [-0.3, -0.25) is 14.4 Å². The van der Waals surface area contributed by atoms with Gasteiger partial charge in [0.25, 0.3) is 11.8 Å². The first-order chi connectivity index (χ1) is 14.8. The van der Waals surface area contributed by atoms with Gasteiger partial charge < -0.3 is 21.3 Å². The van der Waals surface area contributed by atoms with Crippen LogP contribution in [-0.4, -0.2) is 48.8 Å². The highest BCUT2D eigenvalue weighted by atomic mass is 32.1. The second-order valence-electron chi connectivity index (χ2n) is 7.74. The standard InChI is InChI=1S/C22H27FN4O3S/c1-14-11-18(26-21(29)15-5-2-7-17(23)12-15)31-19(14)22(30)25-8-4-10-27-9-3-6-16(13-27)20(24)28/h2,5,7,11-12,16H,3-4,6,8-10,13H2,1H3,(H2,24,28)(H,25,30)(H,26,29). The molecule has 0 spiro atoms. The van der Waals surface area contributed by atoms with E-state index in [1.165, 1.54) is 29.5 Å². The van der Waals surface area contributed by atoms with Gasteiger partial charge in [0.1, 0.15) is 5.82 Å². The Bertz CT molecular complexity index is 962. The lowest BCUT2D eigenvalue weighted by Crippen LogP contribution is -2.42. The number of piperidine rings is 1. The number of rotatable bonds is 8. The molecule has 0 aliphatic carbocycles. The molecular formula is C22H27FN4O3S. The fraction of sp³-hybridized carbons (Fsp3) is 0.409. The number of benzene rings is 1. The van der Waals surface area contributed by atoms with Crippen LogP contribution in [0.1, 0.15) is 44.9 Å². The van der Waals surface area contributed by atoms with Gasteiger partial charge in [0.15, 0.2) is 0 Å². The molecule has 3 amide bonds. The van der Waals surface area contributed by atoms with Gasteiger partial charge in [-0.25, -0.2) is 4.39 Å². The first kappa shape index (κ1) is 22.9. The van der Waals surface area contributed by atoms with Gasteiger partial charge in [-0.2, -0.15) is 0 Å². The van der Waals surface area contributed by atoms with Gasteiger partial charge in [-0.1, -0.05) is 6.07 Å². The number of hydrogen-bond acceptors (Lipinski definition) is 5. The summed E-state index contributed by atoms with van der Waals surface area (Å²) in [6.07, 6.45) is 2.57. The monoisotopic (exact) mass is 446 g/mol. The van der Waals surface area contributed by atoms with Crippen LogP contribution in [0.3, 0.4) is 0 Å². The van der Waals surface area contributed by atoms with E-state index in [0.29, 0.717) is 23.0 Å². The normalized spacial score (nSPS) is 16.6. The van der Waals surface area contributed by atoms with Crippen LogP contribution in [-0.2, 0) is 4.79 Å². The number of likely N-dealkylation sites (tertiary alicyclic amines) is 1. The molecule has 166 valence electrons. The minimum absolute atomic E-state index is 0.0851. The predicted molar refractivity (Wildman–Crippen MR) is 119 cm³/mol. The third-order valence-corrected chi connectivity index (χ3v) is 6.44. The van der Waals surface area contributed by atoms with E-state index in [2.05, 4.69) is 15.5 Å². The van der Waals surface area contributed by atoms with E-state index in [0.717, 1.165) is 44.0 Å². The number of aryl methyl sites for hydroxylation is 1. The molecule has 1 aliphatic rings. The van der Waals surface area contributed by atoms with Crippen LogP contribution in [0.15, 0.2) is 30.3 Å². The number of thiophene rings is 1. The second-order valence-corrected chi connectivity index (χ2v) is 8.79. The van der Waals surface area contributed by atoms with Crippen molar-refractivity contribution in [1.82, 2.24) is 10.2 Å². The zero-order valence-electron chi connectivity index (χ0n) is 17.4. The molecule has 1 aliphatic heterocycles. The number of carbonyl (C=O) groups excluding carboxylic acids is 3. The molecule has 1 atom stereocenters. The number of hydrogen-bond donors (Lipinski definition) is 3. The summed E-state index contributed by atoms with van der Waals surface area (Å²) < 4.78 is 13.3. The maximum Gasteiger partial charge on any atom is 0.261 e. The zero-order chi connectivity index (χ0) is 22.4. The Morgan fingerprint density at radius 3 is 2.81 bits per heavy atom. The maximum absolute atomic E-state index is 13.3. The Morgan fingerprint density at radius 1 is 1.26 bits per heavy atom. The van der Waals surface area contributed by atoms with E-state index in [-0.39, 0.29) is 23.3 Å². The minimum Gasteiger partial charge on any atom is -0.369 e. The first-order valence-electron chi connectivity index (χ1n) is 10.3. The smallest absolute Gasteiger partial charge is 0.261 e. The van der Waals surface area contributed by atoms with Crippen molar-refractivity contribution in [3.05, 3.63) is 52.2 Å². The van der Waals surface area contributed by atoms with Crippen LogP contribution >= 0.6 is 11.3 Å². The molecule has 1 unspecified atom stereocenters. The highest BCUT2D eigenvalue weighted by molar-refractivity contribution is 7.18. The molecule has 4 N–H and O–H groups in total. The summed E-state index contributed by atoms with van der Waals surface area (Å²) in [6.45, 7) is 4.74. The Kier molecular flexibility index (Phi) is 7.75. The lowest BCUT2D eigenvalue weighted by Gasteiger charge is -2.31. The number of nitrogens with one attached hydrogen (secondary N) is 2. The molecule has 0 saturated carbocycles. The average Bonchev–Trinajstić information content (AvgIpc) is 3.11. The van der Waals surface area contributed by atoms with Gasteiger partial charge in [0.05, 0.1) is 15.8 Å². The number of anilines is 1. The fourth-order valence-electron chi connectivity index (χ4n) is 3.66. The van der Waals surface area contributed by atoms with E-state index in [9.17, 15) is 18.8 Å². The Hall–Kier alpha value is -2.78. The summed E-state index contributed by atoms with van der Waals surface area (Å²) in [5.41, 5.74) is 6.39. The zero-order valence-corrected chi connectivity index (χ0v) is 18.3. The number of halogens is 1. The molecule has 1 fully saturated rings. The quantitative estimate of drug-likeness (QED) is 0.542. The minimum atomic E-state index is -0.482. The number of nitrogens with two attached hydrogens (primary N) is 1. The molecule has 1 aromatic heterocycles. The van der Waals surface area contributed by atoms with E-state index in [4.69, 9.17) is 5.73 Å². The summed E-state index contributed by atoms with van der Waals surface area (Å²) >= 11 is 1.18. The van der Waals surface area contributed by atoms with E-state index >= 15 is 0 Å². The third-order valence-electron chi connectivity index (χ3n) is 5.29. The van der Waals surface area contributed by atoms with Crippen molar-refractivity contribution in [3.8, 4) is 0 Å². The predicted octanol–water partition coefficient (Wildman–Crippen LogP) is 2.77. The molecule has 1 aromatic carbocycles. The van der Waals surface area contributed by atoms with Crippen LogP contribution in [0.5, 0.6) is 0 Å². The number of primary amides is 1. The van der Waals surface area contributed by atoms with Gasteiger partial charge in [-0.05, 0) is 69.1 Å². The highest BCUT2D eigenvalue weighted by Crippen LogP contribution is 2.27. The largest absolute Gasteiger partial charge is 0.369 e. The van der Waals surface area contributed by atoms with E-state index in [1.54, 1.807) is 13.0 Å². The first-order valence-corrected chi connectivity index (χ1v) is 11.1. The Morgan fingerprint density at radius 2 is 2.06 bits per heavy atom. The van der Waals surface area contributed by atoms with Gasteiger partial charge >= 0.3 is 0 Å². The lowest BCUT2D eigenvalue weighted by atomic mass is 9.97. The van der Waals surface area contributed by atoms with Gasteiger partial charge in [0, 0.05) is 18.7 Å². The molecule has 0 radical (unpaired) electrons.